The highest BCUT2D eigenvalue weighted by Gasteiger charge is 2.09. The fourth-order valence-electron chi connectivity index (χ4n) is 2.19. The first-order valence-electron chi connectivity index (χ1n) is 6.50. The summed E-state index contributed by atoms with van der Waals surface area (Å²) in [5, 5.41) is 17.9. The third kappa shape index (κ3) is 7.80. The Labute approximate surface area is 94.7 Å². The quantitative estimate of drug-likeness (QED) is 0.589. The van der Waals surface area contributed by atoms with Gasteiger partial charge in [0.2, 0.25) is 0 Å². The fourth-order valence-corrected chi connectivity index (χ4v) is 2.19. The summed E-state index contributed by atoms with van der Waals surface area (Å²) in [5.41, 5.74) is 0. The molecule has 0 aromatic carbocycles. The molecule has 0 saturated carbocycles. The lowest BCUT2D eigenvalue weighted by molar-refractivity contribution is 0.140. The molecule has 2 N–H and O–H groups in total. The van der Waals surface area contributed by atoms with Crippen LogP contribution in [0.1, 0.15) is 58.8 Å². The van der Waals surface area contributed by atoms with Gasteiger partial charge in [0.25, 0.3) is 0 Å². The lowest BCUT2D eigenvalue weighted by Crippen LogP contribution is -2.11. The first kappa shape index (κ1) is 14.9. The third-order valence-corrected chi connectivity index (χ3v) is 3.13. The molecule has 0 amide bonds. The molecule has 0 aliphatic rings. The van der Waals surface area contributed by atoms with Crippen LogP contribution in [-0.2, 0) is 0 Å². The second-order valence-corrected chi connectivity index (χ2v) is 4.61. The molecule has 0 atom stereocenters. The molecule has 0 aliphatic carbocycles. The van der Waals surface area contributed by atoms with Crippen molar-refractivity contribution in [2.45, 2.75) is 58.8 Å². The zero-order valence-electron chi connectivity index (χ0n) is 10.4. The predicted octanol–water partition coefficient (Wildman–Crippen LogP) is 2.97. The molecule has 2 nitrogen and oxygen atoms in total. The SMILES string of the molecule is CCCC(CCC)CCCC(CO)CO. The van der Waals surface area contributed by atoms with E-state index in [2.05, 4.69) is 13.8 Å². The van der Waals surface area contributed by atoms with Gasteiger partial charge in [-0.2, -0.15) is 0 Å². The Balaban J connectivity index is 3.59. The maximum absolute atomic E-state index is 8.94. The molecule has 0 aromatic rings. The molecule has 2 heteroatoms. The minimum atomic E-state index is 0.105. The van der Waals surface area contributed by atoms with Gasteiger partial charge in [0.1, 0.15) is 0 Å². The Hall–Kier alpha value is -0.0800. The average molecular weight is 216 g/mol. The van der Waals surface area contributed by atoms with E-state index in [0.717, 1.165) is 18.8 Å². The van der Waals surface area contributed by atoms with E-state index in [9.17, 15) is 0 Å². The highest BCUT2D eigenvalue weighted by atomic mass is 16.3. The summed E-state index contributed by atoms with van der Waals surface area (Å²) < 4.78 is 0. The van der Waals surface area contributed by atoms with Gasteiger partial charge in [-0.3, -0.25) is 0 Å². The van der Waals surface area contributed by atoms with Crippen molar-refractivity contribution in [1.82, 2.24) is 0 Å². The standard InChI is InChI=1S/C13H28O2/c1-3-6-12(7-4-2)8-5-9-13(10-14)11-15/h12-15H,3-11H2,1-2H3. The van der Waals surface area contributed by atoms with Gasteiger partial charge in [0.05, 0.1) is 0 Å². The van der Waals surface area contributed by atoms with Crippen LogP contribution in [0.25, 0.3) is 0 Å². The lowest BCUT2D eigenvalue weighted by atomic mass is 9.91. The highest BCUT2D eigenvalue weighted by Crippen LogP contribution is 2.21. The van der Waals surface area contributed by atoms with Gasteiger partial charge in [-0.25, -0.2) is 0 Å². The molecule has 0 radical (unpaired) electrons. The molecular formula is C13H28O2. The Bertz CT molecular complexity index is 116. The van der Waals surface area contributed by atoms with Crippen LogP contribution >= 0.6 is 0 Å². The zero-order chi connectivity index (χ0) is 11.5. The van der Waals surface area contributed by atoms with Gasteiger partial charge in [0, 0.05) is 19.1 Å². The highest BCUT2D eigenvalue weighted by molar-refractivity contribution is 4.62. The zero-order valence-corrected chi connectivity index (χ0v) is 10.4. The van der Waals surface area contributed by atoms with E-state index in [4.69, 9.17) is 10.2 Å². The van der Waals surface area contributed by atoms with Crippen LogP contribution in [0.3, 0.4) is 0 Å². The Morgan fingerprint density at radius 2 is 1.20 bits per heavy atom. The van der Waals surface area contributed by atoms with Crippen LogP contribution in [0, 0.1) is 11.8 Å². The van der Waals surface area contributed by atoms with E-state index >= 15 is 0 Å². The summed E-state index contributed by atoms with van der Waals surface area (Å²) in [5.74, 6) is 0.965. The molecule has 0 unspecified atom stereocenters. The summed E-state index contributed by atoms with van der Waals surface area (Å²) in [4.78, 5) is 0. The predicted molar refractivity (Wildman–Crippen MR) is 64.8 cm³/mol. The van der Waals surface area contributed by atoms with E-state index < -0.39 is 0 Å². The van der Waals surface area contributed by atoms with Crippen molar-refractivity contribution in [2.75, 3.05) is 13.2 Å². The molecule has 0 spiro atoms. The number of rotatable bonds is 10. The topological polar surface area (TPSA) is 40.5 Å². The monoisotopic (exact) mass is 216 g/mol. The van der Waals surface area contributed by atoms with E-state index in [1.807, 2.05) is 0 Å². The molecule has 92 valence electrons. The van der Waals surface area contributed by atoms with Gasteiger partial charge in [-0.15, -0.1) is 0 Å². The van der Waals surface area contributed by atoms with Gasteiger partial charge in [-0.1, -0.05) is 52.4 Å². The second kappa shape index (κ2) is 10.4. The average Bonchev–Trinajstić information content (AvgIpc) is 2.25. The van der Waals surface area contributed by atoms with Crippen molar-refractivity contribution in [3.8, 4) is 0 Å². The molecule has 0 aliphatic heterocycles. The third-order valence-electron chi connectivity index (χ3n) is 3.13. The Morgan fingerprint density at radius 1 is 0.733 bits per heavy atom. The van der Waals surface area contributed by atoms with E-state index in [1.54, 1.807) is 0 Å². The summed E-state index contributed by atoms with van der Waals surface area (Å²) in [6.45, 7) is 4.74. The fraction of sp³-hybridized carbons (Fsp3) is 1.00. The molecule has 0 aromatic heterocycles. The first-order chi connectivity index (χ1) is 7.28. The van der Waals surface area contributed by atoms with E-state index in [-0.39, 0.29) is 19.1 Å². The van der Waals surface area contributed by atoms with Crippen LogP contribution < -0.4 is 0 Å². The van der Waals surface area contributed by atoms with Gasteiger partial charge in [-0.05, 0) is 12.3 Å². The molecule has 0 fully saturated rings. The molecule has 0 heterocycles. The van der Waals surface area contributed by atoms with E-state index in [1.165, 1.54) is 32.1 Å². The van der Waals surface area contributed by atoms with Crippen molar-refractivity contribution in [3.63, 3.8) is 0 Å². The van der Waals surface area contributed by atoms with Crippen LogP contribution in [0.15, 0.2) is 0 Å². The van der Waals surface area contributed by atoms with Crippen LogP contribution in [0.5, 0.6) is 0 Å². The smallest absolute Gasteiger partial charge is 0.0481 e. The number of hydrogen-bond acceptors (Lipinski definition) is 2. The maximum Gasteiger partial charge on any atom is 0.0481 e. The normalized spacial score (nSPS) is 11.6. The van der Waals surface area contributed by atoms with Crippen molar-refractivity contribution in [2.24, 2.45) is 11.8 Å². The minimum Gasteiger partial charge on any atom is -0.396 e. The molecule has 0 bridgehead atoms. The van der Waals surface area contributed by atoms with Gasteiger partial charge in [0.15, 0.2) is 0 Å². The number of hydrogen-bond donors (Lipinski definition) is 2. The molecule has 15 heavy (non-hydrogen) atoms. The van der Waals surface area contributed by atoms with Crippen LogP contribution in [0.2, 0.25) is 0 Å². The summed E-state index contributed by atoms with van der Waals surface area (Å²) in [7, 11) is 0. The van der Waals surface area contributed by atoms with Crippen LogP contribution in [-0.4, -0.2) is 23.4 Å². The van der Waals surface area contributed by atoms with Crippen molar-refractivity contribution in [3.05, 3.63) is 0 Å². The lowest BCUT2D eigenvalue weighted by Gasteiger charge is -2.16. The molecular weight excluding hydrogens is 188 g/mol. The molecule has 0 saturated heterocycles. The number of aliphatic hydroxyl groups excluding tert-OH is 2. The number of aliphatic hydroxyl groups is 2. The van der Waals surface area contributed by atoms with Gasteiger partial charge >= 0.3 is 0 Å². The van der Waals surface area contributed by atoms with Gasteiger partial charge < -0.3 is 10.2 Å². The van der Waals surface area contributed by atoms with Crippen molar-refractivity contribution in [1.29, 1.82) is 0 Å². The minimum absolute atomic E-state index is 0.105. The van der Waals surface area contributed by atoms with Crippen LogP contribution in [0.4, 0.5) is 0 Å². The Kier molecular flexibility index (Phi) is 10.4. The summed E-state index contributed by atoms with van der Waals surface area (Å²) in [6.07, 6.45) is 8.58. The van der Waals surface area contributed by atoms with E-state index in [0.29, 0.717) is 0 Å². The summed E-state index contributed by atoms with van der Waals surface area (Å²) >= 11 is 0. The first-order valence-corrected chi connectivity index (χ1v) is 6.50. The Morgan fingerprint density at radius 3 is 1.60 bits per heavy atom. The van der Waals surface area contributed by atoms with Crippen molar-refractivity contribution >= 4 is 0 Å². The summed E-state index contributed by atoms with van der Waals surface area (Å²) in [6, 6.07) is 0. The second-order valence-electron chi connectivity index (χ2n) is 4.61. The largest absolute Gasteiger partial charge is 0.396 e. The molecule has 0 rings (SSSR count). The van der Waals surface area contributed by atoms with Crippen molar-refractivity contribution < 1.29 is 10.2 Å². The maximum atomic E-state index is 8.94.